The number of carbonyl (C=O) groups is 1. The molecule has 2 fully saturated rings. The molecule has 0 radical (unpaired) electrons. The van der Waals surface area contributed by atoms with Crippen LogP contribution in [0.3, 0.4) is 0 Å². The summed E-state index contributed by atoms with van der Waals surface area (Å²) in [5.74, 6) is 1.59. The van der Waals surface area contributed by atoms with Gasteiger partial charge in [-0.15, -0.1) is 0 Å². The monoisotopic (exact) mass is 238 g/mol. The molecule has 0 aromatic rings. The van der Waals surface area contributed by atoms with Crippen LogP contribution in [0.25, 0.3) is 0 Å². The van der Waals surface area contributed by atoms with Gasteiger partial charge in [0.15, 0.2) is 0 Å². The lowest BCUT2D eigenvalue weighted by molar-refractivity contribution is -0.129. The van der Waals surface area contributed by atoms with Crippen molar-refractivity contribution < 1.29 is 4.79 Å². The van der Waals surface area contributed by atoms with E-state index in [0.717, 1.165) is 19.1 Å². The minimum atomic E-state index is 0.0568. The zero-order valence-corrected chi connectivity index (χ0v) is 11.2. The number of rotatable bonds is 4. The number of amides is 1. The van der Waals surface area contributed by atoms with Crippen LogP contribution in [0.2, 0.25) is 0 Å². The Labute approximate surface area is 105 Å². The fraction of sp³-hybridized carbons (Fsp3) is 0.929. The van der Waals surface area contributed by atoms with Gasteiger partial charge in [0.2, 0.25) is 5.91 Å². The van der Waals surface area contributed by atoms with Crippen molar-refractivity contribution in [1.29, 1.82) is 0 Å². The van der Waals surface area contributed by atoms with Gasteiger partial charge in [-0.05, 0) is 18.3 Å². The van der Waals surface area contributed by atoms with Crippen LogP contribution in [0.5, 0.6) is 0 Å². The summed E-state index contributed by atoms with van der Waals surface area (Å²) in [7, 11) is 0. The molecule has 0 aromatic carbocycles. The molecule has 1 aliphatic carbocycles. The van der Waals surface area contributed by atoms with Crippen molar-refractivity contribution in [1.82, 2.24) is 10.2 Å². The Morgan fingerprint density at radius 2 is 2.00 bits per heavy atom. The Hall–Kier alpha value is -0.570. The van der Waals surface area contributed by atoms with E-state index in [2.05, 4.69) is 19.2 Å². The van der Waals surface area contributed by atoms with E-state index in [-0.39, 0.29) is 6.04 Å². The topological polar surface area (TPSA) is 32.3 Å². The Bertz CT molecular complexity index is 259. The lowest BCUT2D eigenvalue weighted by Crippen LogP contribution is -2.35. The molecule has 1 atom stereocenters. The zero-order chi connectivity index (χ0) is 12.3. The van der Waals surface area contributed by atoms with E-state index in [1.807, 2.05) is 4.90 Å². The Balaban J connectivity index is 1.74. The molecular weight excluding hydrogens is 212 g/mol. The number of nitrogens with zero attached hydrogens (tertiary/aromatic N) is 1. The molecule has 3 heteroatoms. The first-order valence-corrected chi connectivity index (χ1v) is 7.20. The van der Waals surface area contributed by atoms with Crippen LogP contribution in [0.15, 0.2) is 0 Å². The normalized spacial score (nSPS) is 27.1. The maximum Gasteiger partial charge on any atom is 0.241 e. The molecule has 2 aliphatic rings. The van der Waals surface area contributed by atoms with Crippen molar-refractivity contribution in [2.24, 2.45) is 11.8 Å². The van der Waals surface area contributed by atoms with Gasteiger partial charge >= 0.3 is 0 Å². The summed E-state index contributed by atoms with van der Waals surface area (Å²) in [4.78, 5) is 14.1. The summed E-state index contributed by atoms with van der Waals surface area (Å²) < 4.78 is 0. The van der Waals surface area contributed by atoms with Crippen molar-refractivity contribution in [3.63, 3.8) is 0 Å². The van der Waals surface area contributed by atoms with Gasteiger partial charge in [0.05, 0.1) is 12.7 Å². The highest BCUT2D eigenvalue weighted by Crippen LogP contribution is 2.26. The lowest BCUT2D eigenvalue weighted by Gasteiger charge is -2.24. The fourth-order valence-corrected chi connectivity index (χ4v) is 3.09. The first-order chi connectivity index (χ1) is 8.18. The third-order valence-electron chi connectivity index (χ3n) is 4.28. The minimum Gasteiger partial charge on any atom is -0.329 e. The van der Waals surface area contributed by atoms with Crippen molar-refractivity contribution in [3.05, 3.63) is 0 Å². The first-order valence-electron chi connectivity index (χ1n) is 7.20. The van der Waals surface area contributed by atoms with Crippen LogP contribution in [0, 0.1) is 11.8 Å². The average Bonchev–Trinajstić information content (AvgIpc) is 2.69. The minimum absolute atomic E-state index is 0.0568. The fourth-order valence-electron chi connectivity index (χ4n) is 3.09. The Kier molecular flexibility index (Phi) is 4.43. The summed E-state index contributed by atoms with van der Waals surface area (Å²) in [6.45, 7) is 5.94. The molecule has 1 amide bonds. The summed E-state index contributed by atoms with van der Waals surface area (Å²) >= 11 is 0. The summed E-state index contributed by atoms with van der Waals surface area (Å²) in [5, 5.41) is 3.32. The summed E-state index contributed by atoms with van der Waals surface area (Å²) in [6.07, 6.45) is 8.16. The molecule has 1 aliphatic heterocycles. The second kappa shape index (κ2) is 5.85. The number of hydrogen-bond donors (Lipinski definition) is 1. The molecular formula is C14H26N2O. The van der Waals surface area contributed by atoms with Gasteiger partial charge in [0, 0.05) is 6.54 Å². The molecule has 0 bridgehead atoms. The molecule has 2 rings (SSSR count). The summed E-state index contributed by atoms with van der Waals surface area (Å²) in [5.41, 5.74) is 0. The SMILES string of the molecule is CC(C)C1NCN(CCC2CCCCC2)C1=O. The highest BCUT2D eigenvalue weighted by molar-refractivity contribution is 5.83. The van der Waals surface area contributed by atoms with Gasteiger partial charge < -0.3 is 4.90 Å². The van der Waals surface area contributed by atoms with E-state index in [1.54, 1.807) is 0 Å². The molecule has 3 nitrogen and oxygen atoms in total. The van der Waals surface area contributed by atoms with Crippen LogP contribution in [-0.2, 0) is 4.79 Å². The van der Waals surface area contributed by atoms with Gasteiger partial charge in [-0.1, -0.05) is 46.0 Å². The van der Waals surface area contributed by atoms with E-state index in [4.69, 9.17) is 0 Å². The van der Waals surface area contributed by atoms with Crippen molar-refractivity contribution in [2.45, 2.75) is 58.4 Å². The number of hydrogen-bond acceptors (Lipinski definition) is 2. The van der Waals surface area contributed by atoms with Crippen LogP contribution in [0.1, 0.15) is 52.4 Å². The van der Waals surface area contributed by atoms with E-state index >= 15 is 0 Å². The number of carbonyl (C=O) groups excluding carboxylic acids is 1. The van der Waals surface area contributed by atoms with E-state index in [1.165, 1.54) is 38.5 Å². The standard InChI is InChI=1S/C14H26N2O/c1-11(2)13-14(17)16(10-15-13)9-8-12-6-4-3-5-7-12/h11-13,15H,3-10H2,1-2H3. The van der Waals surface area contributed by atoms with Gasteiger partial charge in [-0.3, -0.25) is 10.1 Å². The van der Waals surface area contributed by atoms with E-state index < -0.39 is 0 Å². The van der Waals surface area contributed by atoms with Gasteiger partial charge in [0.1, 0.15) is 0 Å². The molecule has 1 heterocycles. The highest BCUT2D eigenvalue weighted by atomic mass is 16.2. The maximum absolute atomic E-state index is 12.1. The molecule has 98 valence electrons. The maximum atomic E-state index is 12.1. The van der Waals surface area contributed by atoms with Crippen molar-refractivity contribution in [3.8, 4) is 0 Å². The summed E-state index contributed by atoms with van der Waals surface area (Å²) in [6, 6.07) is 0.0568. The molecule has 1 N–H and O–H groups in total. The van der Waals surface area contributed by atoms with Gasteiger partial charge in [0.25, 0.3) is 0 Å². The zero-order valence-electron chi connectivity index (χ0n) is 11.2. The molecule has 1 saturated carbocycles. The molecule has 1 unspecified atom stereocenters. The third kappa shape index (κ3) is 3.21. The molecule has 0 aromatic heterocycles. The van der Waals surface area contributed by atoms with Crippen LogP contribution >= 0.6 is 0 Å². The molecule has 0 spiro atoms. The van der Waals surface area contributed by atoms with Crippen molar-refractivity contribution >= 4 is 5.91 Å². The van der Waals surface area contributed by atoms with E-state index in [9.17, 15) is 4.79 Å². The predicted molar refractivity (Wildman–Crippen MR) is 69.5 cm³/mol. The first kappa shape index (κ1) is 12.9. The van der Waals surface area contributed by atoms with Crippen LogP contribution in [0.4, 0.5) is 0 Å². The third-order valence-corrected chi connectivity index (χ3v) is 4.28. The quantitative estimate of drug-likeness (QED) is 0.815. The van der Waals surface area contributed by atoms with Gasteiger partial charge in [-0.25, -0.2) is 0 Å². The van der Waals surface area contributed by atoms with Crippen molar-refractivity contribution in [2.75, 3.05) is 13.2 Å². The second-order valence-electron chi connectivity index (χ2n) is 5.98. The number of nitrogens with one attached hydrogen (secondary N) is 1. The predicted octanol–water partition coefficient (Wildman–Crippen LogP) is 2.37. The van der Waals surface area contributed by atoms with Crippen LogP contribution < -0.4 is 5.32 Å². The van der Waals surface area contributed by atoms with E-state index in [0.29, 0.717) is 11.8 Å². The Morgan fingerprint density at radius 1 is 1.29 bits per heavy atom. The highest BCUT2D eigenvalue weighted by Gasteiger charge is 2.32. The second-order valence-corrected chi connectivity index (χ2v) is 5.98. The lowest BCUT2D eigenvalue weighted by atomic mass is 9.87. The van der Waals surface area contributed by atoms with Gasteiger partial charge in [-0.2, -0.15) is 0 Å². The largest absolute Gasteiger partial charge is 0.329 e. The molecule has 1 saturated heterocycles. The van der Waals surface area contributed by atoms with Crippen LogP contribution in [-0.4, -0.2) is 30.1 Å². The smallest absolute Gasteiger partial charge is 0.241 e. The molecule has 17 heavy (non-hydrogen) atoms. The Morgan fingerprint density at radius 3 is 2.59 bits per heavy atom. The average molecular weight is 238 g/mol.